The van der Waals surface area contributed by atoms with Gasteiger partial charge in [-0.2, -0.15) is 10.2 Å². The lowest BCUT2D eigenvalue weighted by molar-refractivity contribution is 0.0855. The molecule has 0 radical (unpaired) electrons. The number of hydrogen-bond donors (Lipinski definition) is 0. The number of aromatic nitrogens is 5. The van der Waals surface area contributed by atoms with Gasteiger partial charge in [0.1, 0.15) is 41.1 Å². The Hall–Kier alpha value is -3.78. The average Bonchev–Trinajstić information content (AvgIpc) is 3.38. The van der Waals surface area contributed by atoms with Gasteiger partial charge in [0.05, 0.1) is 5.52 Å². The van der Waals surface area contributed by atoms with Crippen LogP contribution in [0.1, 0.15) is 57.3 Å². The third-order valence-corrected chi connectivity index (χ3v) is 7.31. The lowest BCUT2D eigenvalue weighted by Gasteiger charge is -2.49. The Morgan fingerprint density at radius 1 is 1.03 bits per heavy atom. The first-order valence-electron chi connectivity index (χ1n) is 12.5. The highest BCUT2D eigenvalue weighted by atomic mass is 19.1. The molecule has 4 heterocycles. The van der Waals surface area contributed by atoms with Gasteiger partial charge in [0.15, 0.2) is 5.82 Å². The Morgan fingerprint density at radius 2 is 1.76 bits per heavy atom. The summed E-state index contributed by atoms with van der Waals surface area (Å²) in [5.74, 6) is -1.64. The molecule has 0 spiro atoms. The molecule has 0 aliphatic carbocycles. The van der Waals surface area contributed by atoms with Gasteiger partial charge in [0.25, 0.3) is 5.78 Å². The molecule has 0 N–H and O–H groups in total. The zero-order valence-electron chi connectivity index (χ0n) is 20.9. The van der Waals surface area contributed by atoms with Crippen molar-refractivity contribution in [2.45, 2.75) is 58.2 Å². The van der Waals surface area contributed by atoms with Gasteiger partial charge in [-0.1, -0.05) is 20.8 Å². The smallest absolute Gasteiger partial charge is 0.257 e. The number of piperazine rings is 1. The van der Waals surface area contributed by atoms with Crippen molar-refractivity contribution in [1.29, 1.82) is 5.26 Å². The summed E-state index contributed by atoms with van der Waals surface area (Å²) < 4.78 is 45.1. The van der Waals surface area contributed by atoms with Crippen molar-refractivity contribution in [2.75, 3.05) is 18.0 Å². The van der Waals surface area contributed by atoms with Crippen LogP contribution in [0.3, 0.4) is 0 Å². The Kier molecular flexibility index (Phi) is 6.69. The monoisotopic (exact) mass is 508 g/mol. The number of hydrogen-bond acceptors (Lipinski definition) is 7. The van der Waals surface area contributed by atoms with Crippen LogP contribution in [0.4, 0.5) is 19.0 Å². The molecule has 1 aromatic carbocycles. The molecule has 11 heteroatoms. The fourth-order valence-electron chi connectivity index (χ4n) is 5.50. The normalized spacial score (nSPS) is 19.4. The first-order chi connectivity index (χ1) is 17.9. The molecule has 0 bridgehead atoms. The molecule has 3 aromatic heterocycles. The summed E-state index contributed by atoms with van der Waals surface area (Å²) in [4.78, 5) is 13.7. The molecule has 1 aliphatic heterocycles. The van der Waals surface area contributed by atoms with Gasteiger partial charge in [-0.25, -0.2) is 18.2 Å². The second kappa shape index (κ2) is 9.94. The number of pyridine rings is 1. The third kappa shape index (κ3) is 4.25. The molecule has 0 amide bonds. The number of nitrogens with zero attached hydrogens (tertiary/aromatic N) is 8. The first kappa shape index (κ1) is 24.9. The molecule has 1 fully saturated rings. The summed E-state index contributed by atoms with van der Waals surface area (Å²) in [6.45, 7) is 7.01. The van der Waals surface area contributed by atoms with Crippen LogP contribution in [0.2, 0.25) is 0 Å². The van der Waals surface area contributed by atoms with Crippen molar-refractivity contribution in [3.8, 4) is 6.07 Å². The van der Waals surface area contributed by atoms with E-state index < -0.39 is 23.5 Å². The topological polar surface area (TPSA) is 86.2 Å². The van der Waals surface area contributed by atoms with E-state index in [-0.39, 0.29) is 23.3 Å². The number of anilines is 1. The van der Waals surface area contributed by atoms with Crippen LogP contribution in [0, 0.1) is 28.8 Å². The SMILES string of the molecule is CC[C@H]1CN([C@H](CC)c2c(F)cc(F)cc2F)[C@H](CC)CN1c1nc2nncn2c2ccc(C#N)nc12. The molecule has 37 heavy (non-hydrogen) atoms. The molecule has 8 nitrogen and oxygen atoms in total. The molecule has 1 saturated heterocycles. The molecule has 3 atom stereocenters. The summed E-state index contributed by atoms with van der Waals surface area (Å²) in [7, 11) is 0. The van der Waals surface area contributed by atoms with Crippen LogP contribution in [-0.4, -0.2) is 54.6 Å². The van der Waals surface area contributed by atoms with Crippen LogP contribution in [0.25, 0.3) is 16.8 Å². The highest BCUT2D eigenvalue weighted by Crippen LogP contribution is 2.37. The summed E-state index contributed by atoms with van der Waals surface area (Å²) in [5.41, 5.74) is 1.47. The fraction of sp³-hybridized carbons (Fsp3) is 0.423. The van der Waals surface area contributed by atoms with Gasteiger partial charge in [-0.05, 0) is 31.4 Å². The van der Waals surface area contributed by atoms with E-state index in [1.54, 1.807) is 16.8 Å². The Labute approximate surface area is 212 Å². The highest BCUT2D eigenvalue weighted by molar-refractivity contribution is 5.88. The summed E-state index contributed by atoms with van der Waals surface area (Å²) in [6.07, 6.45) is 3.48. The van der Waals surface area contributed by atoms with Gasteiger partial charge in [0, 0.05) is 48.9 Å². The number of rotatable bonds is 6. The Balaban J connectivity index is 1.59. The minimum atomic E-state index is -0.928. The van der Waals surface area contributed by atoms with Crippen LogP contribution < -0.4 is 4.90 Å². The maximum absolute atomic E-state index is 14.8. The minimum Gasteiger partial charge on any atom is -0.349 e. The number of fused-ring (bicyclic) bond motifs is 3. The van der Waals surface area contributed by atoms with Crippen LogP contribution in [0.5, 0.6) is 0 Å². The second-order valence-corrected chi connectivity index (χ2v) is 9.29. The molecule has 0 unspecified atom stereocenters. The van der Waals surface area contributed by atoms with E-state index in [2.05, 4.69) is 31.1 Å². The lowest BCUT2D eigenvalue weighted by Crippen LogP contribution is -2.59. The quantitative estimate of drug-likeness (QED) is 0.370. The molecule has 0 saturated carbocycles. The van der Waals surface area contributed by atoms with E-state index in [1.165, 1.54) is 0 Å². The molecule has 1 aliphatic rings. The van der Waals surface area contributed by atoms with E-state index in [1.807, 2.05) is 26.8 Å². The first-order valence-corrected chi connectivity index (χ1v) is 12.5. The largest absolute Gasteiger partial charge is 0.349 e. The van der Waals surface area contributed by atoms with Gasteiger partial charge in [0.2, 0.25) is 0 Å². The lowest BCUT2D eigenvalue weighted by atomic mass is 9.94. The second-order valence-electron chi connectivity index (χ2n) is 9.29. The van der Waals surface area contributed by atoms with Crippen LogP contribution in [0.15, 0.2) is 30.6 Å². The van der Waals surface area contributed by atoms with Crippen LogP contribution in [-0.2, 0) is 0 Å². The van der Waals surface area contributed by atoms with Crippen molar-refractivity contribution in [2.24, 2.45) is 0 Å². The molecule has 192 valence electrons. The zero-order chi connectivity index (χ0) is 26.3. The minimum absolute atomic E-state index is 0.0583. The summed E-state index contributed by atoms with van der Waals surface area (Å²) in [5, 5.41) is 17.6. The third-order valence-electron chi connectivity index (χ3n) is 7.31. The maximum Gasteiger partial charge on any atom is 0.257 e. The fourth-order valence-corrected chi connectivity index (χ4v) is 5.50. The van der Waals surface area contributed by atoms with Crippen LogP contribution >= 0.6 is 0 Å². The van der Waals surface area contributed by atoms with E-state index in [0.29, 0.717) is 36.6 Å². The van der Waals surface area contributed by atoms with Crippen molar-refractivity contribution in [3.05, 3.63) is 59.3 Å². The summed E-state index contributed by atoms with van der Waals surface area (Å²) >= 11 is 0. The molecule has 4 aromatic rings. The molecular formula is C26H27F3N8. The predicted molar refractivity (Wildman–Crippen MR) is 132 cm³/mol. The van der Waals surface area contributed by atoms with Gasteiger partial charge < -0.3 is 4.90 Å². The highest BCUT2D eigenvalue weighted by Gasteiger charge is 2.39. The molecular weight excluding hydrogens is 481 g/mol. The van der Waals surface area contributed by atoms with Gasteiger partial charge >= 0.3 is 0 Å². The van der Waals surface area contributed by atoms with Gasteiger partial charge in [-0.3, -0.25) is 9.30 Å². The predicted octanol–water partition coefficient (Wildman–Crippen LogP) is 4.79. The van der Waals surface area contributed by atoms with Crippen molar-refractivity contribution in [3.63, 3.8) is 0 Å². The van der Waals surface area contributed by atoms with Gasteiger partial charge in [-0.15, -0.1) is 10.2 Å². The zero-order valence-corrected chi connectivity index (χ0v) is 20.9. The van der Waals surface area contributed by atoms with E-state index in [0.717, 1.165) is 30.5 Å². The Bertz CT molecular complexity index is 1470. The average molecular weight is 509 g/mol. The standard InChI is InChI=1S/C26H27F3N8/c1-4-17-13-36(25-24-22(8-7-16(11-30)32-24)37-14-31-34-26(37)33-25)18(5-2)12-35(17)21(6-3)23-19(28)9-15(27)10-20(23)29/h7-10,14,17-18,21H,4-6,12-13H2,1-3H3/t17-,18+,21-/m1/s1. The van der Waals surface area contributed by atoms with E-state index in [4.69, 9.17) is 4.98 Å². The van der Waals surface area contributed by atoms with E-state index in [9.17, 15) is 18.4 Å². The number of halogens is 3. The number of benzene rings is 1. The Morgan fingerprint density at radius 3 is 2.41 bits per heavy atom. The van der Waals surface area contributed by atoms with Crippen molar-refractivity contribution < 1.29 is 13.2 Å². The van der Waals surface area contributed by atoms with E-state index >= 15 is 0 Å². The molecule has 5 rings (SSSR count). The number of nitriles is 1. The summed E-state index contributed by atoms with van der Waals surface area (Å²) in [6, 6.07) is 6.37. The van der Waals surface area contributed by atoms with Crippen molar-refractivity contribution >= 4 is 22.6 Å². The van der Waals surface area contributed by atoms with Crippen molar-refractivity contribution in [1.82, 2.24) is 29.5 Å². The maximum atomic E-state index is 14.8.